The van der Waals surface area contributed by atoms with E-state index in [4.69, 9.17) is 12.2 Å². The maximum atomic E-state index is 5.33. The number of aromatic amines is 1. The van der Waals surface area contributed by atoms with Crippen LogP contribution in [0.3, 0.4) is 0 Å². The number of halogens is 2. The van der Waals surface area contributed by atoms with Gasteiger partial charge in [0.05, 0.1) is 4.47 Å². The van der Waals surface area contributed by atoms with Crippen LogP contribution in [-0.4, -0.2) is 9.97 Å². The van der Waals surface area contributed by atoms with E-state index in [1.807, 2.05) is 18.2 Å². The molecule has 0 spiro atoms. The number of nitrogens with zero attached hydrogens (tertiary/aromatic N) is 1. The molecule has 1 aliphatic rings. The Kier molecular flexibility index (Phi) is 3.87. The van der Waals surface area contributed by atoms with Gasteiger partial charge >= 0.3 is 0 Å². The third kappa shape index (κ3) is 2.98. The number of hydrogen-bond donors (Lipinski definition) is 1. The lowest BCUT2D eigenvalue weighted by atomic mass is 10.1. The first-order valence-electron chi connectivity index (χ1n) is 6.17. The van der Waals surface area contributed by atoms with Crippen molar-refractivity contribution < 1.29 is 0 Å². The molecule has 0 atom stereocenters. The highest BCUT2D eigenvalue weighted by Crippen LogP contribution is 2.42. The molecule has 1 aromatic carbocycles. The Morgan fingerprint density at radius 2 is 2.00 bits per heavy atom. The van der Waals surface area contributed by atoms with Gasteiger partial charge in [-0.3, -0.25) is 0 Å². The minimum absolute atomic E-state index is 0.622. The van der Waals surface area contributed by atoms with E-state index >= 15 is 0 Å². The van der Waals surface area contributed by atoms with Crippen LogP contribution >= 0.6 is 44.1 Å². The van der Waals surface area contributed by atoms with Gasteiger partial charge < -0.3 is 4.98 Å². The minimum atomic E-state index is 0.622. The summed E-state index contributed by atoms with van der Waals surface area (Å²) in [4.78, 5) is 7.92. The SMILES string of the molecule is S=c1nc(Cc2ccccc2Br)[nH]c(C2CC2)c1Br. The van der Waals surface area contributed by atoms with Crippen LogP contribution < -0.4 is 0 Å². The van der Waals surface area contributed by atoms with Crippen LogP contribution in [0.1, 0.15) is 35.8 Å². The fraction of sp³-hybridized carbons (Fsp3) is 0.286. The van der Waals surface area contributed by atoms with Crippen molar-refractivity contribution in [3.05, 3.63) is 54.9 Å². The maximum absolute atomic E-state index is 5.33. The van der Waals surface area contributed by atoms with Gasteiger partial charge in [0.2, 0.25) is 0 Å². The molecule has 2 aromatic rings. The van der Waals surface area contributed by atoms with E-state index in [9.17, 15) is 0 Å². The molecule has 5 heteroatoms. The fourth-order valence-electron chi connectivity index (χ4n) is 2.08. The summed E-state index contributed by atoms with van der Waals surface area (Å²) >= 11 is 12.5. The van der Waals surface area contributed by atoms with E-state index in [-0.39, 0.29) is 0 Å². The van der Waals surface area contributed by atoms with E-state index in [0.717, 1.165) is 21.2 Å². The average Bonchev–Trinajstić information content (AvgIpc) is 3.20. The summed E-state index contributed by atoms with van der Waals surface area (Å²) in [6.07, 6.45) is 3.24. The summed E-state index contributed by atoms with van der Waals surface area (Å²) in [5.74, 6) is 1.55. The number of rotatable bonds is 3. The van der Waals surface area contributed by atoms with Gasteiger partial charge in [-0.05, 0) is 40.4 Å². The Labute approximate surface area is 133 Å². The van der Waals surface area contributed by atoms with Gasteiger partial charge in [-0.15, -0.1) is 0 Å². The molecule has 1 N–H and O–H groups in total. The second-order valence-corrected chi connectivity index (χ2v) is 6.79. The topological polar surface area (TPSA) is 28.7 Å². The first-order chi connectivity index (χ1) is 9.15. The standard InChI is InChI=1S/C14H12Br2N2S/c15-10-4-2-1-3-9(10)7-11-17-13(8-5-6-8)12(16)14(19)18-11/h1-4,8H,5-7H2,(H,17,18,19). The highest BCUT2D eigenvalue weighted by Gasteiger charge is 2.27. The first kappa shape index (κ1) is 13.5. The summed E-state index contributed by atoms with van der Waals surface area (Å²) in [6, 6.07) is 8.20. The monoisotopic (exact) mass is 398 g/mol. The molecule has 98 valence electrons. The smallest absolute Gasteiger partial charge is 0.144 e. The van der Waals surface area contributed by atoms with Gasteiger partial charge in [0, 0.05) is 22.5 Å². The zero-order valence-electron chi connectivity index (χ0n) is 10.1. The molecular formula is C14H12Br2N2S. The molecule has 19 heavy (non-hydrogen) atoms. The van der Waals surface area contributed by atoms with E-state index in [0.29, 0.717) is 10.6 Å². The average molecular weight is 400 g/mol. The largest absolute Gasteiger partial charge is 0.346 e. The van der Waals surface area contributed by atoms with Crippen molar-refractivity contribution in [2.75, 3.05) is 0 Å². The summed E-state index contributed by atoms with van der Waals surface area (Å²) in [5, 5.41) is 0. The Hall–Kier alpha value is -0.520. The van der Waals surface area contributed by atoms with Crippen molar-refractivity contribution in [1.29, 1.82) is 0 Å². The van der Waals surface area contributed by atoms with Gasteiger partial charge in [0.25, 0.3) is 0 Å². The quantitative estimate of drug-likeness (QED) is 0.724. The predicted molar refractivity (Wildman–Crippen MR) is 86.0 cm³/mol. The number of H-pyrrole nitrogens is 1. The van der Waals surface area contributed by atoms with Crippen LogP contribution in [0, 0.1) is 4.64 Å². The molecular weight excluding hydrogens is 388 g/mol. The lowest BCUT2D eigenvalue weighted by Gasteiger charge is -2.08. The highest BCUT2D eigenvalue weighted by molar-refractivity contribution is 9.10. The second-order valence-electron chi connectivity index (χ2n) is 4.76. The lowest BCUT2D eigenvalue weighted by molar-refractivity contribution is 0.881. The third-order valence-corrected chi connectivity index (χ3v) is 5.38. The van der Waals surface area contributed by atoms with Gasteiger partial charge in [0.1, 0.15) is 10.5 Å². The summed E-state index contributed by atoms with van der Waals surface area (Å²) < 4.78 is 2.72. The zero-order valence-corrected chi connectivity index (χ0v) is 14.1. The molecule has 1 saturated carbocycles. The number of nitrogens with one attached hydrogen (secondary N) is 1. The number of hydrogen-bond acceptors (Lipinski definition) is 2. The predicted octanol–water partition coefficient (Wildman–Crippen LogP) is 5.13. The minimum Gasteiger partial charge on any atom is -0.346 e. The summed E-state index contributed by atoms with van der Waals surface area (Å²) in [5.41, 5.74) is 2.42. The normalized spacial score (nSPS) is 14.6. The molecule has 1 heterocycles. The van der Waals surface area contributed by atoms with Crippen molar-refractivity contribution in [3.8, 4) is 0 Å². The summed E-state index contributed by atoms with van der Waals surface area (Å²) in [7, 11) is 0. The van der Waals surface area contributed by atoms with Gasteiger partial charge in [-0.1, -0.05) is 46.3 Å². The van der Waals surface area contributed by atoms with Gasteiger partial charge in [0.15, 0.2) is 0 Å². The van der Waals surface area contributed by atoms with Crippen molar-refractivity contribution in [1.82, 2.24) is 9.97 Å². The first-order valence-corrected chi connectivity index (χ1v) is 8.16. The molecule has 1 fully saturated rings. The molecule has 1 aliphatic carbocycles. The van der Waals surface area contributed by atoms with Gasteiger partial charge in [-0.2, -0.15) is 0 Å². The Balaban J connectivity index is 1.97. The van der Waals surface area contributed by atoms with E-state index in [1.165, 1.54) is 24.1 Å². The third-order valence-electron chi connectivity index (χ3n) is 3.24. The molecule has 2 nitrogen and oxygen atoms in total. The van der Waals surface area contributed by atoms with Crippen LogP contribution in [0.25, 0.3) is 0 Å². The van der Waals surface area contributed by atoms with Crippen LogP contribution in [0.5, 0.6) is 0 Å². The Morgan fingerprint density at radius 1 is 1.26 bits per heavy atom. The molecule has 0 saturated heterocycles. The Bertz CT molecular complexity index is 677. The van der Waals surface area contributed by atoms with Crippen LogP contribution in [0.2, 0.25) is 0 Å². The van der Waals surface area contributed by atoms with E-state index < -0.39 is 0 Å². The number of benzene rings is 1. The number of aromatic nitrogens is 2. The highest BCUT2D eigenvalue weighted by atomic mass is 79.9. The molecule has 3 rings (SSSR count). The zero-order chi connectivity index (χ0) is 13.4. The van der Waals surface area contributed by atoms with Crippen molar-refractivity contribution in [2.24, 2.45) is 0 Å². The molecule has 0 amide bonds. The van der Waals surface area contributed by atoms with Gasteiger partial charge in [-0.25, -0.2) is 4.98 Å². The maximum Gasteiger partial charge on any atom is 0.144 e. The molecule has 0 radical (unpaired) electrons. The molecule has 1 aromatic heterocycles. The summed E-state index contributed by atoms with van der Waals surface area (Å²) in [6.45, 7) is 0. The van der Waals surface area contributed by atoms with Crippen molar-refractivity contribution in [3.63, 3.8) is 0 Å². The van der Waals surface area contributed by atoms with Crippen LogP contribution in [-0.2, 0) is 6.42 Å². The molecule has 0 bridgehead atoms. The van der Waals surface area contributed by atoms with Crippen molar-refractivity contribution in [2.45, 2.75) is 25.2 Å². The fourth-order valence-corrected chi connectivity index (χ4v) is 3.24. The van der Waals surface area contributed by atoms with Crippen LogP contribution in [0.4, 0.5) is 0 Å². The lowest BCUT2D eigenvalue weighted by Crippen LogP contribution is -2.02. The molecule has 0 aliphatic heterocycles. The van der Waals surface area contributed by atoms with Crippen molar-refractivity contribution >= 4 is 44.1 Å². The van der Waals surface area contributed by atoms with Crippen LogP contribution in [0.15, 0.2) is 33.2 Å². The second kappa shape index (κ2) is 5.46. The molecule has 0 unspecified atom stereocenters. The van der Waals surface area contributed by atoms with E-state index in [2.05, 4.69) is 47.9 Å². The Morgan fingerprint density at radius 3 is 2.68 bits per heavy atom. The van der Waals surface area contributed by atoms with E-state index in [1.54, 1.807) is 0 Å².